The maximum atomic E-state index is 12.2. The van der Waals surface area contributed by atoms with E-state index in [0.717, 1.165) is 5.56 Å². The Morgan fingerprint density at radius 2 is 2.00 bits per heavy atom. The highest BCUT2D eigenvalue weighted by molar-refractivity contribution is 6.30. The van der Waals surface area contributed by atoms with Gasteiger partial charge < -0.3 is 14.7 Å². The molecular formula is C18H17ClN4O2. The molecule has 3 rings (SSSR count). The Hall–Kier alpha value is -2.86. The third-order valence-corrected chi connectivity index (χ3v) is 3.82. The van der Waals surface area contributed by atoms with Gasteiger partial charge >= 0.3 is 6.03 Å². The number of anilines is 1. The largest absolute Gasteiger partial charge is 0.334 e. The zero-order valence-corrected chi connectivity index (χ0v) is 14.4. The van der Waals surface area contributed by atoms with Crippen LogP contribution in [0.15, 0.2) is 59.1 Å². The lowest BCUT2D eigenvalue weighted by Gasteiger charge is -2.17. The fraction of sp³-hybridized carbons (Fsp3) is 0.167. The van der Waals surface area contributed by atoms with Gasteiger partial charge in [0, 0.05) is 36.3 Å². The molecule has 128 valence electrons. The summed E-state index contributed by atoms with van der Waals surface area (Å²) in [6, 6.07) is 16.3. The molecule has 7 heteroatoms. The average Bonchev–Trinajstić information content (AvgIpc) is 3.09. The number of halogens is 1. The normalized spacial score (nSPS) is 10.5. The third kappa shape index (κ3) is 4.58. The molecule has 0 spiro atoms. The van der Waals surface area contributed by atoms with Gasteiger partial charge in [0.25, 0.3) is 5.89 Å². The number of benzene rings is 2. The number of amides is 2. The van der Waals surface area contributed by atoms with Crippen LogP contribution < -0.4 is 5.32 Å². The molecule has 3 aromatic rings. The Morgan fingerprint density at radius 1 is 1.20 bits per heavy atom. The highest BCUT2D eigenvalue weighted by Gasteiger charge is 2.12. The van der Waals surface area contributed by atoms with Crippen LogP contribution in [0.5, 0.6) is 0 Å². The van der Waals surface area contributed by atoms with E-state index in [1.165, 1.54) is 0 Å². The van der Waals surface area contributed by atoms with Crippen molar-refractivity contribution in [1.82, 2.24) is 15.0 Å². The van der Waals surface area contributed by atoms with Crippen LogP contribution >= 0.6 is 11.6 Å². The minimum atomic E-state index is -0.228. The van der Waals surface area contributed by atoms with Crippen LogP contribution in [0.1, 0.15) is 5.82 Å². The van der Waals surface area contributed by atoms with E-state index in [1.807, 2.05) is 30.3 Å². The summed E-state index contributed by atoms with van der Waals surface area (Å²) < 4.78 is 5.26. The number of hydrogen-bond donors (Lipinski definition) is 1. The maximum Gasteiger partial charge on any atom is 0.321 e. The molecule has 0 aliphatic carbocycles. The zero-order chi connectivity index (χ0) is 17.6. The topological polar surface area (TPSA) is 71.3 Å². The van der Waals surface area contributed by atoms with Crippen molar-refractivity contribution in [3.8, 4) is 11.5 Å². The second-order valence-corrected chi connectivity index (χ2v) is 5.93. The number of urea groups is 1. The maximum absolute atomic E-state index is 12.2. The van der Waals surface area contributed by atoms with Crippen LogP contribution in [-0.4, -0.2) is 34.7 Å². The Labute approximate surface area is 150 Å². The van der Waals surface area contributed by atoms with E-state index in [2.05, 4.69) is 15.5 Å². The number of carbonyl (C=O) groups excluding carboxylic acids is 1. The fourth-order valence-electron chi connectivity index (χ4n) is 2.21. The molecule has 0 saturated carbocycles. The number of nitrogens with one attached hydrogen (secondary N) is 1. The van der Waals surface area contributed by atoms with Crippen LogP contribution in [-0.2, 0) is 6.42 Å². The van der Waals surface area contributed by atoms with Crippen molar-refractivity contribution in [1.29, 1.82) is 0 Å². The van der Waals surface area contributed by atoms with Gasteiger partial charge in [0.2, 0.25) is 0 Å². The van der Waals surface area contributed by atoms with E-state index in [4.69, 9.17) is 16.1 Å². The highest BCUT2D eigenvalue weighted by Crippen LogP contribution is 2.17. The lowest BCUT2D eigenvalue weighted by Crippen LogP contribution is -2.33. The predicted octanol–water partition coefficient (Wildman–Crippen LogP) is 4.10. The summed E-state index contributed by atoms with van der Waals surface area (Å²) in [4.78, 5) is 18.1. The molecule has 0 aliphatic rings. The lowest BCUT2D eigenvalue weighted by atomic mass is 10.2. The molecular weight excluding hydrogens is 340 g/mol. The van der Waals surface area contributed by atoms with Gasteiger partial charge in [-0.15, -0.1) is 0 Å². The first-order valence-corrected chi connectivity index (χ1v) is 8.15. The van der Waals surface area contributed by atoms with Crippen LogP contribution in [0.4, 0.5) is 10.5 Å². The van der Waals surface area contributed by atoms with Crippen molar-refractivity contribution in [3.63, 3.8) is 0 Å². The van der Waals surface area contributed by atoms with Gasteiger partial charge in [-0.05, 0) is 30.3 Å². The Morgan fingerprint density at radius 3 is 2.76 bits per heavy atom. The standard InChI is InChI=1S/C18H17ClN4O2/c1-23(18(24)20-15-9-5-8-14(19)12-15)11-10-16-21-17(25-22-16)13-6-3-2-4-7-13/h2-9,12H,10-11H2,1H3,(H,20,24). The van der Waals surface area contributed by atoms with E-state index < -0.39 is 0 Å². The van der Waals surface area contributed by atoms with Gasteiger partial charge in [0.15, 0.2) is 5.82 Å². The first-order valence-electron chi connectivity index (χ1n) is 7.77. The van der Waals surface area contributed by atoms with Crippen LogP contribution in [0.2, 0.25) is 5.02 Å². The first kappa shape index (κ1) is 17.0. The van der Waals surface area contributed by atoms with Crippen molar-refractivity contribution in [2.24, 2.45) is 0 Å². The Balaban J connectivity index is 1.54. The molecule has 1 heterocycles. The molecule has 0 bridgehead atoms. The molecule has 0 unspecified atom stereocenters. The van der Waals surface area contributed by atoms with Gasteiger partial charge in [-0.2, -0.15) is 4.98 Å². The summed E-state index contributed by atoms with van der Waals surface area (Å²) in [5.74, 6) is 1.03. The number of likely N-dealkylation sites (N-methyl/N-ethyl adjacent to an activating group) is 1. The van der Waals surface area contributed by atoms with Gasteiger partial charge in [0.1, 0.15) is 0 Å². The molecule has 25 heavy (non-hydrogen) atoms. The molecule has 6 nitrogen and oxygen atoms in total. The summed E-state index contributed by atoms with van der Waals surface area (Å²) in [5.41, 5.74) is 1.52. The molecule has 0 aliphatic heterocycles. The molecule has 1 aromatic heterocycles. The summed E-state index contributed by atoms with van der Waals surface area (Å²) >= 11 is 5.91. The van der Waals surface area contributed by atoms with Gasteiger partial charge in [0.05, 0.1) is 0 Å². The fourth-order valence-corrected chi connectivity index (χ4v) is 2.40. The molecule has 0 saturated heterocycles. The molecule has 0 fully saturated rings. The summed E-state index contributed by atoms with van der Waals surface area (Å²) in [5, 5.41) is 7.32. The molecule has 2 aromatic carbocycles. The van der Waals surface area contributed by atoms with Crippen molar-refractivity contribution < 1.29 is 9.32 Å². The van der Waals surface area contributed by atoms with E-state index >= 15 is 0 Å². The van der Waals surface area contributed by atoms with Gasteiger partial charge in [-0.25, -0.2) is 4.79 Å². The van der Waals surface area contributed by atoms with Gasteiger partial charge in [-0.3, -0.25) is 0 Å². The van der Waals surface area contributed by atoms with Crippen molar-refractivity contribution in [2.45, 2.75) is 6.42 Å². The Bertz CT molecular complexity index is 851. The van der Waals surface area contributed by atoms with E-state index in [0.29, 0.717) is 35.4 Å². The smallest absolute Gasteiger partial charge is 0.321 e. The van der Waals surface area contributed by atoms with Crippen molar-refractivity contribution in [3.05, 3.63) is 65.4 Å². The summed E-state index contributed by atoms with van der Waals surface area (Å²) in [7, 11) is 1.71. The molecule has 2 amide bonds. The monoisotopic (exact) mass is 356 g/mol. The van der Waals surface area contributed by atoms with Crippen molar-refractivity contribution >= 4 is 23.3 Å². The van der Waals surface area contributed by atoms with Crippen LogP contribution in [0.25, 0.3) is 11.5 Å². The number of nitrogens with zero attached hydrogens (tertiary/aromatic N) is 3. The van der Waals surface area contributed by atoms with E-state index in [1.54, 1.807) is 36.2 Å². The number of rotatable bonds is 5. The lowest BCUT2D eigenvalue weighted by molar-refractivity contribution is 0.222. The number of hydrogen-bond acceptors (Lipinski definition) is 4. The summed E-state index contributed by atoms with van der Waals surface area (Å²) in [6.07, 6.45) is 0.496. The minimum absolute atomic E-state index is 0.228. The SMILES string of the molecule is CN(CCc1noc(-c2ccccc2)n1)C(=O)Nc1cccc(Cl)c1. The first-order chi connectivity index (χ1) is 12.1. The van der Waals surface area contributed by atoms with Crippen molar-refractivity contribution in [2.75, 3.05) is 18.9 Å². The molecule has 1 N–H and O–H groups in total. The molecule has 0 radical (unpaired) electrons. The van der Waals surface area contributed by atoms with Crippen LogP contribution in [0, 0.1) is 0 Å². The second kappa shape index (κ2) is 7.81. The van der Waals surface area contributed by atoms with E-state index in [-0.39, 0.29) is 6.03 Å². The predicted molar refractivity (Wildman–Crippen MR) is 96.5 cm³/mol. The van der Waals surface area contributed by atoms with Crippen LogP contribution in [0.3, 0.4) is 0 Å². The average molecular weight is 357 g/mol. The number of carbonyl (C=O) groups is 1. The Kier molecular flexibility index (Phi) is 5.30. The zero-order valence-electron chi connectivity index (χ0n) is 13.6. The van der Waals surface area contributed by atoms with Gasteiger partial charge in [-0.1, -0.05) is 41.0 Å². The highest BCUT2D eigenvalue weighted by atomic mass is 35.5. The second-order valence-electron chi connectivity index (χ2n) is 5.49. The minimum Gasteiger partial charge on any atom is -0.334 e. The summed E-state index contributed by atoms with van der Waals surface area (Å²) in [6.45, 7) is 0.458. The quantitative estimate of drug-likeness (QED) is 0.747. The molecule has 0 atom stereocenters. The third-order valence-electron chi connectivity index (χ3n) is 3.58. The number of aromatic nitrogens is 2. The van der Waals surface area contributed by atoms with E-state index in [9.17, 15) is 4.79 Å².